The van der Waals surface area contributed by atoms with Gasteiger partial charge in [-0.2, -0.15) is 0 Å². The lowest BCUT2D eigenvalue weighted by atomic mass is 9.97. The topological polar surface area (TPSA) is 50.9 Å². The fourth-order valence-electron chi connectivity index (χ4n) is 5.37. The van der Waals surface area contributed by atoms with Crippen LogP contribution in [0.3, 0.4) is 0 Å². The number of hydrogen-bond acceptors (Lipinski definition) is 4. The number of carbonyl (C=O) groups is 1. The van der Waals surface area contributed by atoms with Crippen LogP contribution >= 0.6 is 23.2 Å². The number of urea groups is 1. The van der Waals surface area contributed by atoms with Crippen LogP contribution in [0.5, 0.6) is 0 Å². The number of nitrogens with zero attached hydrogens (tertiary/aromatic N) is 3. The summed E-state index contributed by atoms with van der Waals surface area (Å²) in [6.45, 7) is 11.0. The van der Waals surface area contributed by atoms with Crippen LogP contribution in [0.25, 0.3) is 0 Å². The van der Waals surface area contributed by atoms with E-state index in [4.69, 9.17) is 23.2 Å². The molecule has 8 heteroatoms. The summed E-state index contributed by atoms with van der Waals surface area (Å²) in [4.78, 5) is 19.5. The van der Waals surface area contributed by atoms with Crippen molar-refractivity contribution in [1.82, 2.24) is 15.1 Å². The highest BCUT2D eigenvalue weighted by Crippen LogP contribution is 2.32. The molecule has 2 heterocycles. The van der Waals surface area contributed by atoms with Gasteiger partial charge in [0.25, 0.3) is 0 Å². The highest BCUT2D eigenvalue weighted by Gasteiger charge is 2.33. The number of nitrogens with one attached hydrogen (secondary N) is 2. The Labute approximate surface area is 219 Å². The molecule has 0 spiro atoms. The van der Waals surface area contributed by atoms with Gasteiger partial charge < -0.3 is 15.5 Å². The number of hydrogen-bond donors (Lipinski definition) is 2. The van der Waals surface area contributed by atoms with Crippen LogP contribution in [-0.4, -0.2) is 67.2 Å². The molecule has 2 aromatic carbocycles. The van der Waals surface area contributed by atoms with E-state index in [-0.39, 0.29) is 6.03 Å². The van der Waals surface area contributed by atoms with Gasteiger partial charge in [-0.05, 0) is 75.2 Å². The number of halogens is 2. The molecular formula is C27H37Cl2N5O. The Balaban J connectivity index is 1.31. The second kappa shape index (κ2) is 12.3. The Morgan fingerprint density at radius 1 is 1.00 bits per heavy atom. The predicted molar refractivity (Wildman–Crippen MR) is 147 cm³/mol. The van der Waals surface area contributed by atoms with Gasteiger partial charge in [0.1, 0.15) is 0 Å². The molecule has 2 aliphatic rings. The summed E-state index contributed by atoms with van der Waals surface area (Å²) in [5.74, 6) is 0. The summed E-state index contributed by atoms with van der Waals surface area (Å²) in [6, 6.07) is 15.0. The summed E-state index contributed by atoms with van der Waals surface area (Å²) in [5.41, 5.74) is 3.08. The number of rotatable bonds is 7. The van der Waals surface area contributed by atoms with Gasteiger partial charge in [-0.3, -0.25) is 9.80 Å². The zero-order valence-electron chi connectivity index (χ0n) is 20.8. The second-order valence-electron chi connectivity index (χ2n) is 9.53. The van der Waals surface area contributed by atoms with Gasteiger partial charge in [0.2, 0.25) is 0 Å². The fraction of sp³-hybridized carbons (Fsp3) is 0.519. The molecule has 0 bridgehead atoms. The van der Waals surface area contributed by atoms with Crippen molar-refractivity contribution in [3.8, 4) is 0 Å². The van der Waals surface area contributed by atoms with E-state index in [1.54, 1.807) is 0 Å². The molecule has 2 N–H and O–H groups in total. The molecule has 2 aliphatic heterocycles. The maximum Gasteiger partial charge on any atom is 0.319 e. The first-order valence-corrected chi connectivity index (χ1v) is 13.5. The van der Waals surface area contributed by atoms with Crippen LogP contribution in [0.4, 0.5) is 16.2 Å². The number of carbonyl (C=O) groups excluding carboxylic acids is 1. The van der Waals surface area contributed by atoms with Crippen molar-refractivity contribution in [3.05, 3.63) is 58.1 Å². The van der Waals surface area contributed by atoms with Gasteiger partial charge in [0.15, 0.2) is 0 Å². The molecule has 6 nitrogen and oxygen atoms in total. The maximum atomic E-state index is 11.8. The second-order valence-corrected chi connectivity index (χ2v) is 10.4. The Hall–Kier alpha value is -1.99. The van der Waals surface area contributed by atoms with Crippen LogP contribution < -0.4 is 15.5 Å². The van der Waals surface area contributed by atoms with E-state index in [2.05, 4.69) is 44.4 Å². The maximum absolute atomic E-state index is 11.8. The van der Waals surface area contributed by atoms with Gasteiger partial charge >= 0.3 is 6.03 Å². The van der Waals surface area contributed by atoms with Crippen LogP contribution in [0.15, 0.2) is 42.5 Å². The highest BCUT2D eigenvalue weighted by atomic mass is 35.5. The third-order valence-electron chi connectivity index (χ3n) is 7.23. The number of benzene rings is 2. The summed E-state index contributed by atoms with van der Waals surface area (Å²) in [6.07, 6.45) is 3.55. The van der Waals surface area contributed by atoms with Crippen molar-refractivity contribution >= 4 is 40.6 Å². The molecule has 4 rings (SSSR count). The average Bonchev–Trinajstić information content (AvgIpc) is 2.86. The standard InChI is InChI=1S/C27H37Cl2N5O/c1-3-23-19-33(26-10-9-22(17-25(26)29)31-27(35)30-4-2)15-16-34(23)24-11-13-32(14-12-24)18-20-5-7-21(28)8-6-20/h5-10,17,23-24H,3-4,11-16,18-19H2,1-2H3,(H2,30,31,35)/t23-/m0/s1. The summed E-state index contributed by atoms with van der Waals surface area (Å²) in [7, 11) is 0. The number of piperidine rings is 1. The van der Waals surface area contributed by atoms with E-state index in [1.807, 2.05) is 37.3 Å². The Morgan fingerprint density at radius 3 is 2.40 bits per heavy atom. The van der Waals surface area contributed by atoms with E-state index in [9.17, 15) is 4.79 Å². The number of likely N-dealkylation sites (tertiary alicyclic amines) is 1. The Morgan fingerprint density at radius 2 is 1.74 bits per heavy atom. The molecule has 0 radical (unpaired) electrons. The molecule has 0 aliphatic carbocycles. The third-order valence-corrected chi connectivity index (χ3v) is 7.78. The Bertz CT molecular complexity index is 978. The molecule has 0 aromatic heterocycles. The monoisotopic (exact) mass is 517 g/mol. The summed E-state index contributed by atoms with van der Waals surface area (Å²) >= 11 is 12.7. The molecule has 2 fully saturated rings. The number of piperazine rings is 1. The molecule has 2 aromatic rings. The van der Waals surface area contributed by atoms with E-state index in [0.29, 0.717) is 29.3 Å². The van der Waals surface area contributed by atoms with Gasteiger partial charge in [-0.15, -0.1) is 0 Å². The van der Waals surface area contributed by atoms with Gasteiger partial charge in [0.05, 0.1) is 10.7 Å². The zero-order chi connectivity index (χ0) is 24.8. The van der Waals surface area contributed by atoms with E-state index in [1.165, 1.54) is 18.4 Å². The first-order valence-electron chi connectivity index (χ1n) is 12.8. The molecule has 2 amide bonds. The third kappa shape index (κ3) is 6.82. The van der Waals surface area contributed by atoms with Gasteiger partial charge in [-0.25, -0.2) is 4.79 Å². The first-order chi connectivity index (χ1) is 17.0. The molecule has 1 atom stereocenters. The minimum Gasteiger partial charge on any atom is -0.367 e. The molecule has 0 unspecified atom stereocenters. The van der Waals surface area contributed by atoms with Crippen molar-refractivity contribution in [2.75, 3.05) is 49.5 Å². The van der Waals surface area contributed by atoms with E-state index >= 15 is 0 Å². The quantitative estimate of drug-likeness (QED) is 0.494. The van der Waals surface area contributed by atoms with Crippen molar-refractivity contribution in [1.29, 1.82) is 0 Å². The highest BCUT2D eigenvalue weighted by molar-refractivity contribution is 6.33. The van der Waals surface area contributed by atoms with Gasteiger partial charge in [0, 0.05) is 55.5 Å². The largest absolute Gasteiger partial charge is 0.367 e. The fourth-order valence-corrected chi connectivity index (χ4v) is 5.79. The van der Waals surface area contributed by atoms with Crippen LogP contribution in [-0.2, 0) is 6.54 Å². The minimum atomic E-state index is -0.213. The summed E-state index contributed by atoms with van der Waals surface area (Å²) in [5, 5.41) is 7.05. The van der Waals surface area contributed by atoms with Crippen LogP contribution in [0, 0.1) is 0 Å². The van der Waals surface area contributed by atoms with Gasteiger partial charge in [-0.1, -0.05) is 42.3 Å². The zero-order valence-corrected chi connectivity index (χ0v) is 22.3. The molecule has 190 valence electrons. The van der Waals surface area contributed by atoms with Crippen molar-refractivity contribution < 1.29 is 4.79 Å². The SMILES string of the molecule is CCNC(=O)Nc1ccc(N2CCN(C3CCN(Cc4ccc(Cl)cc4)CC3)[C@@H](CC)C2)c(Cl)c1. The lowest BCUT2D eigenvalue weighted by molar-refractivity contribution is 0.0612. The van der Waals surface area contributed by atoms with Crippen LogP contribution in [0.1, 0.15) is 38.7 Å². The summed E-state index contributed by atoms with van der Waals surface area (Å²) < 4.78 is 0. The molecular weight excluding hydrogens is 481 g/mol. The normalized spacial score (nSPS) is 20.1. The lowest BCUT2D eigenvalue weighted by Gasteiger charge is -2.48. The van der Waals surface area contributed by atoms with Crippen LogP contribution in [0.2, 0.25) is 10.0 Å². The van der Waals surface area contributed by atoms with Crippen molar-refractivity contribution in [2.45, 2.75) is 51.7 Å². The smallest absolute Gasteiger partial charge is 0.319 e. The molecule has 35 heavy (non-hydrogen) atoms. The van der Waals surface area contributed by atoms with E-state index in [0.717, 1.165) is 56.4 Å². The molecule has 0 saturated carbocycles. The van der Waals surface area contributed by atoms with E-state index < -0.39 is 0 Å². The lowest BCUT2D eigenvalue weighted by Crippen LogP contribution is -2.58. The van der Waals surface area contributed by atoms with Crippen molar-refractivity contribution in [3.63, 3.8) is 0 Å². The van der Waals surface area contributed by atoms with Crippen molar-refractivity contribution in [2.24, 2.45) is 0 Å². The number of amides is 2. The number of anilines is 2. The predicted octanol–water partition coefficient (Wildman–Crippen LogP) is 5.70. The molecule has 2 saturated heterocycles. The Kier molecular flexibility index (Phi) is 9.17. The average molecular weight is 519 g/mol. The first kappa shape index (κ1) is 26.1. The minimum absolute atomic E-state index is 0.213.